The van der Waals surface area contributed by atoms with Crippen molar-refractivity contribution in [2.75, 3.05) is 5.75 Å². The molecular formula is C27H41N3O3S. The van der Waals surface area contributed by atoms with Crippen LogP contribution < -0.4 is 5.43 Å². The fourth-order valence-electron chi connectivity index (χ4n) is 3.72. The maximum atomic E-state index is 12.3. The molecule has 2 N–H and O–H groups in total. The van der Waals surface area contributed by atoms with E-state index in [-0.39, 0.29) is 23.7 Å². The highest BCUT2D eigenvalue weighted by Crippen LogP contribution is 2.22. The number of aliphatic imine (C=N–C) groups is 1. The van der Waals surface area contributed by atoms with Crippen LogP contribution >= 0.6 is 11.8 Å². The molecule has 0 saturated carbocycles. The van der Waals surface area contributed by atoms with Gasteiger partial charge in [0.15, 0.2) is 5.17 Å². The third-order valence-electron chi connectivity index (χ3n) is 5.72. The Labute approximate surface area is 209 Å². The number of benzene rings is 1. The van der Waals surface area contributed by atoms with Gasteiger partial charge in [0, 0.05) is 6.42 Å². The molecule has 1 saturated heterocycles. The summed E-state index contributed by atoms with van der Waals surface area (Å²) in [5.41, 5.74) is 3.47. The van der Waals surface area contributed by atoms with E-state index in [1.807, 2.05) is 30.3 Å². The maximum Gasteiger partial charge on any atom is 0.258 e. The first kappa shape index (κ1) is 28.1. The Hall–Kier alpha value is -2.12. The van der Waals surface area contributed by atoms with E-state index in [0.717, 1.165) is 63.5 Å². The molecule has 1 atom stereocenters. The van der Waals surface area contributed by atoms with Gasteiger partial charge < -0.3 is 5.11 Å². The number of aliphatic hydroxyl groups excluding tert-OH is 1. The molecule has 2 rings (SSSR count). The van der Waals surface area contributed by atoms with E-state index < -0.39 is 0 Å². The first-order valence-corrected chi connectivity index (χ1v) is 13.8. The first-order chi connectivity index (χ1) is 16.6. The standard InChI is InChI=1S/C27H41N3O3S/c1-2-3-4-14-19-24(31)20-15-9-7-5-6-8-10-16-21-25(32)29-30-26(33)22-34-27(30)28-23-17-12-11-13-18-23/h9,11-13,15,17-18,24,31H,2-8,10,14,16,19-22H2,1H3,(H,29,32)/b15-9-,28-27?. The lowest BCUT2D eigenvalue weighted by Gasteiger charge is -2.17. The van der Waals surface area contributed by atoms with Gasteiger partial charge in [-0.2, -0.15) is 5.01 Å². The minimum Gasteiger partial charge on any atom is -0.393 e. The fraction of sp³-hybridized carbons (Fsp3) is 0.593. The van der Waals surface area contributed by atoms with Crippen molar-refractivity contribution in [3.05, 3.63) is 42.5 Å². The van der Waals surface area contributed by atoms with Gasteiger partial charge in [-0.3, -0.25) is 15.0 Å². The van der Waals surface area contributed by atoms with Gasteiger partial charge in [0.25, 0.3) is 5.91 Å². The number of amidine groups is 1. The van der Waals surface area contributed by atoms with Crippen LogP contribution in [0.3, 0.4) is 0 Å². The number of hydrogen-bond acceptors (Lipinski definition) is 5. The lowest BCUT2D eigenvalue weighted by Crippen LogP contribution is -2.45. The SMILES string of the molecule is CCCCCCC(O)C/C=C\CCCCCCCC(=O)NN1C(=O)CSC1=Nc1ccccc1. The van der Waals surface area contributed by atoms with Gasteiger partial charge in [-0.15, -0.1) is 0 Å². The third kappa shape index (κ3) is 11.8. The number of thioether (sulfide) groups is 1. The van der Waals surface area contributed by atoms with E-state index in [1.165, 1.54) is 36.0 Å². The van der Waals surface area contributed by atoms with Crippen LogP contribution in [0.5, 0.6) is 0 Å². The second kappa shape index (κ2) is 17.3. The number of nitrogens with zero attached hydrogens (tertiary/aromatic N) is 2. The molecule has 6 nitrogen and oxygen atoms in total. The number of allylic oxidation sites excluding steroid dienone is 1. The van der Waals surface area contributed by atoms with Crippen molar-refractivity contribution in [1.82, 2.24) is 10.4 Å². The molecule has 7 heteroatoms. The quantitative estimate of drug-likeness (QED) is 0.200. The zero-order valence-corrected chi connectivity index (χ0v) is 21.4. The van der Waals surface area contributed by atoms with Gasteiger partial charge in [0.1, 0.15) is 0 Å². The molecule has 2 amide bonds. The monoisotopic (exact) mass is 487 g/mol. The Morgan fingerprint density at radius 1 is 1.09 bits per heavy atom. The summed E-state index contributed by atoms with van der Waals surface area (Å²) in [7, 11) is 0. The predicted molar refractivity (Wildman–Crippen MR) is 142 cm³/mol. The number of carbonyl (C=O) groups excluding carboxylic acids is 2. The van der Waals surface area contributed by atoms with Gasteiger partial charge in [-0.1, -0.05) is 94.0 Å². The van der Waals surface area contributed by atoms with Crippen LogP contribution in [-0.2, 0) is 9.59 Å². The highest BCUT2D eigenvalue weighted by molar-refractivity contribution is 8.15. The van der Waals surface area contributed by atoms with E-state index in [1.54, 1.807) is 0 Å². The zero-order chi connectivity index (χ0) is 24.4. The van der Waals surface area contributed by atoms with E-state index >= 15 is 0 Å². The number of rotatable bonds is 17. The Morgan fingerprint density at radius 3 is 2.62 bits per heavy atom. The van der Waals surface area contributed by atoms with Crippen molar-refractivity contribution in [1.29, 1.82) is 0 Å². The van der Waals surface area contributed by atoms with Crippen molar-refractivity contribution < 1.29 is 14.7 Å². The van der Waals surface area contributed by atoms with Crippen molar-refractivity contribution in [3.8, 4) is 0 Å². The summed E-state index contributed by atoms with van der Waals surface area (Å²) >= 11 is 1.34. The van der Waals surface area contributed by atoms with Crippen molar-refractivity contribution in [3.63, 3.8) is 0 Å². The fourth-order valence-corrected chi connectivity index (χ4v) is 4.55. The van der Waals surface area contributed by atoms with Crippen molar-refractivity contribution in [2.24, 2.45) is 4.99 Å². The van der Waals surface area contributed by atoms with Crippen molar-refractivity contribution >= 4 is 34.4 Å². The number of amides is 2. The average molecular weight is 488 g/mol. The van der Waals surface area contributed by atoms with Crippen LogP contribution in [0.25, 0.3) is 0 Å². The Morgan fingerprint density at radius 2 is 1.82 bits per heavy atom. The van der Waals surface area contributed by atoms with Gasteiger partial charge in [-0.05, 0) is 44.2 Å². The molecule has 0 bridgehead atoms. The number of aliphatic hydroxyl groups is 1. The summed E-state index contributed by atoms with van der Waals surface area (Å²) < 4.78 is 0. The van der Waals surface area contributed by atoms with Crippen LogP contribution in [0.4, 0.5) is 5.69 Å². The summed E-state index contributed by atoms with van der Waals surface area (Å²) in [6.07, 6.45) is 17.2. The molecule has 1 aromatic carbocycles. The number of carbonyl (C=O) groups is 2. The molecule has 1 heterocycles. The van der Waals surface area contributed by atoms with Gasteiger partial charge >= 0.3 is 0 Å². The molecular weight excluding hydrogens is 446 g/mol. The summed E-state index contributed by atoms with van der Waals surface area (Å²) in [6, 6.07) is 9.42. The average Bonchev–Trinajstić information content (AvgIpc) is 3.17. The van der Waals surface area contributed by atoms with Crippen LogP contribution in [0.15, 0.2) is 47.5 Å². The second-order valence-electron chi connectivity index (χ2n) is 8.80. The van der Waals surface area contributed by atoms with Gasteiger partial charge in [0.05, 0.1) is 17.5 Å². The molecule has 1 aromatic rings. The number of hydrazine groups is 1. The Balaban J connectivity index is 1.51. The predicted octanol–water partition coefficient (Wildman–Crippen LogP) is 6.29. The Kier molecular flexibility index (Phi) is 14.3. The molecule has 1 aliphatic rings. The highest BCUT2D eigenvalue weighted by atomic mass is 32.2. The van der Waals surface area contributed by atoms with E-state index in [2.05, 4.69) is 29.5 Å². The molecule has 1 unspecified atom stereocenters. The number of hydrogen-bond donors (Lipinski definition) is 2. The third-order valence-corrected chi connectivity index (χ3v) is 6.65. The summed E-state index contributed by atoms with van der Waals surface area (Å²) in [5, 5.41) is 11.8. The van der Waals surface area contributed by atoms with Crippen LogP contribution in [-0.4, -0.2) is 39.0 Å². The molecule has 0 aliphatic carbocycles. The van der Waals surface area contributed by atoms with Crippen LogP contribution in [0.1, 0.15) is 90.4 Å². The maximum absolute atomic E-state index is 12.3. The van der Waals surface area contributed by atoms with E-state index in [9.17, 15) is 14.7 Å². The number of nitrogens with one attached hydrogen (secondary N) is 1. The molecule has 1 fully saturated rings. The molecule has 34 heavy (non-hydrogen) atoms. The first-order valence-electron chi connectivity index (χ1n) is 12.8. The largest absolute Gasteiger partial charge is 0.393 e. The highest BCUT2D eigenvalue weighted by Gasteiger charge is 2.29. The molecule has 188 valence electrons. The number of para-hydroxylation sites is 1. The number of unbranched alkanes of at least 4 members (excludes halogenated alkanes) is 8. The minimum absolute atomic E-state index is 0.146. The minimum atomic E-state index is -0.200. The Bertz CT molecular complexity index is 783. The molecule has 1 aliphatic heterocycles. The smallest absolute Gasteiger partial charge is 0.258 e. The van der Waals surface area contributed by atoms with Crippen LogP contribution in [0, 0.1) is 0 Å². The topological polar surface area (TPSA) is 82.0 Å². The van der Waals surface area contributed by atoms with Gasteiger partial charge in [-0.25, -0.2) is 4.99 Å². The summed E-state index contributed by atoms with van der Waals surface area (Å²) in [4.78, 5) is 28.9. The van der Waals surface area contributed by atoms with Crippen LogP contribution in [0.2, 0.25) is 0 Å². The normalized spacial score (nSPS) is 16.0. The lowest BCUT2D eigenvalue weighted by atomic mass is 10.1. The molecule has 0 radical (unpaired) electrons. The van der Waals surface area contributed by atoms with E-state index in [4.69, 9.17) is 0 Å². The van der Waals surface area contributed by atoms with Gasteiger partial charge in [0.2, 0.25) is 5.91 Å². The molecule has 0 spiro atoms. The summed E-state index contributed by atoms with van der Waals surface area (Å²) in [6.45, 7) is 2.20. The molecule has 0 aromatic heterocycles. The lowest BCUT2D eigenvalue weighted by molar-refractivity contribution is -0.134. The second-order valence-corrected chi connectivity index (χ2v) is 9.74. The summed E-state index contributed by atoms with van der Waals surface area (Å²) in [5.74, 6) is -0.00362. The zero-order valence-electron chi connectivity index (χ0n) is 20.6. The van der Waals surface area contributed by atoms with Crippen molar-refractivity contribution in [2.45, 2.75) is 96.5 Å². The van der Waals surface area contributed by atoms with E-state index in [0.29, 0.717) is 11.6 Å².